The molecule has 0 saturated carbocycles. The molecule has 3 aromatic rings. The van der Waals surface area contributed by atoms with Crippen molar-refractivity contribution >= 4 is 18.9 Å². The summed E-state index contributed by atoms with van der Waals surface area (Å²) in [5, 5.41) is 39.5. The Hall–Kier alpha value is -3.65. The first-order valence-electron chi connectivity index (χ1n) is 10.00. The van der Waals surface area contributed by atoms with E-state index in [1.807, 2.05) is 0 Å². The van der Waals surface area contributed by atoms with E-state index in [1.165, 1.54) is 10.9 Å². The van der Waals surface area contributed by atoms with E-state index < -0.39 is 18.9 Å². The van der Waals surface area contributed by atoms with Crippen molar-refractivity contribution in [3.63, 3.8) is 0 Å². The van der Waals surface area contributed by atoms with E-state index in [1.54, 1.807) is 23.0 Å². The van der Waals surface area contributed by atoms with Gasteiger partial charge < -0.3 is 20.5 Å². The Morgan fingerprint density at radius 2 is 2.12 bits per heavy atom. The maximum atomic E-state index is 12.5. The van der Waals surface area contributed by atoms with Crippen LogP contribution in [0.25, 0.3) is 0 Å². The molecule has 0 unspecified atom stereocenters. The van der Waals surface area contributed by atoms with Gasteiger partial charge in [0.05, 0.1) is 24.7 Å². The van der Waals surface area contributed by atoms with Crippen molar-refractivity contribution in [3.05, 3.63) is 47.0 Å². The lowest BCUT2D eigenvalue weighted by Crippen LogP contribution is -2.36. The standard InChI is InChI=1S/C18H21BN8O5/c20-4-5-26-9-13(21-24-26)10-27-23-16(22-25-27)8-14(28)7-12-6-11-2-1-3-15(18(29)30)17(11)32-19(12)31/h1-3,9,12,31H,4-8,10,20H2,(H,29,30)/t12-/m1/s1. The van der Waals surface area contributed by atoms with Gasteiger partial charge in [-0.15, -0.1) is 15.3 Å². The molecule has 0 saturated heterocycles. The molecule has 1 aromatic carbocycles. The van der Waals surface area contributed by atoms with Crippen LogP contribution in [-0.4, -0.2) is 70.7 Å². The smallest absolute Gasteiger partial charge is 0.526 e. The number of nitrogens with two attached hydrogens (primary N) is 1. The lowest BCUT2D eigenvalue weighted by atomic mass is 9.64. The highest BCUT2D eigenvalue weighted by atomic mass is 16.5. The number of fused-ring (bicyclic) bond motifs is 1. The van der Waals surface area contributed by atoms with Crippen LogP contribution in [0.5, 0.6) is 5.75 Å². The van der Waals surface area contributed by atoms with Crippen molar-refractivity contribution in [2.75, 3.05) is 6.54 Å². The number of carboxylic acid groups (broad SMARTS) is 1. The van der Waals surface area contributed by atoms with Gasteiger partial charge in [-0.05, 0) is 23.3 Å². The molecule has 0 fully saturated rings. The van der Waals surface area contributed by atoms with Crippen LogP contribution in [0.1, 0.15) is 33.9 Å². The van der Waals surface area contributed by atoms with Crippen LogP contribution in [0.3, 0.4) is 0 Å². The Morgan fingerprint density at radius 3 is 2.91 bits per heavy atom. The highest BCUT2D eigenvalue weighted by Gasteiger charge is 2.37. The molecule has 0 spiro atoms. The molecule has 0 bridgehead atoms. The zero-order valence-electron chi connectivity index (χ0n) is 17.0. The van der Waals surface area contributed by atoms with E-state index in [4.69, 9.17) is 10.4 Å². The second-order valence-electron chi connectivity index (χ2n) is 7.49. The average Bonchev–Trinajstić information content (AvgIpc) is 3.38. The van der Waals surface area contributed by atoms with E-state index in [0.717, 1.165) is 0 Å². The minimum absolute atomic E-state index is 0.0183. The van der Waals surface area contributed by atoms with Gasteiger partial charge in [0, 0.05) is 18.8 Å². The van der Waals surface area contributed by atoms with Gasteiger partial charge in [-0.25, -0.2) is 4.79 Å². The zero-order chi connectivity index (χ0) is 22.7. The van der Waals surface area contributed by atoms with E-state index in [-0.39, 0.29) is 42.3 Å². The number of carbonyl (C=O) groups excluding carboxylic acids is 1. The number of para-hydroxylation sites is 1. The third-order valence-corrected chi connectivity index (χ3v) is 5.04. The molecule has 0 amide bonds. The summed E-state index contributed by atoms with van der Waals surface area (Å²) in [6.45, 7) is 1.25. The van der Waals surface area contributed by atoms with Crippen molar-refractivity contribution in [2.45, 2.75) is 38.2 Å². The van der Waals surface area contributed by atoms with Gasteiger partial charge in [-0.2, -0.15) is 4.80 Å². The molecular weight excluding hydrogens is 419 g/mol. The lowest BCUT2D eigenvalue weighted by molar-refractivity contribution is -0.118. The van der Waals surface area contributed by atoms with Gasteiger partial charge in [0.15, 0.2) is 5.82 Å². The summed E-state index contributed by atoms with van der Waals surface area (Å²) in [4.78, 5) is 25.2. The molecule has 4 rings (SSSR count). The van der Waals surface area contributed by atoms with Gasteiger partial charge in [-0.3, -0.25) is 9.48 Å². The van der Waals surface area contributed by atoms with Crippen molar-refractivity contribution < 1.29 is 24.4 Å². The van der Waals surface area contributed by atoms with Crippen LogP contribution in [0.15, 0.2) is 24.4 Å². The maximum Gasteiger partial charge on any atom is 0.526 e. The summed E-state index contributed by atoms with van der Waals surface area (Å²) in [6.07, 6.45) is 2.03. The quantitative estimate of drug-likeness (QED) is 0.345. The Kier molecular flexibility index (Phi) is 6.23. The molecule has 32 heavy (non-hydrogen) atoms. The summed E-state index contributed by atoms with van der Waals surface area (Å²) in [6, 6.07) is 4.74. The van der Waals surface area contributed by atoms with E-state index in [9.17, 15) is 19.7 Å². The maximum absolute atomic E-state index is 12.5. The number of hydrogen-bond acceptors (Lipinski definition) is 10. The van der Waals surface area contributed by atoms with Gasteiger partial charge in [0.2, 0.25) is 0 Å². The van der Waals surface area contributed by atoms with Crippen molar-refractivity contribution in [3.8, 4) is 5.75 Å². The SMILES string of the molecule is NCCn1cc(Cn2nnc(CC(=O)C[C@H]3Cc4cccc(C(=O)O)c4OB3O)n2)nn1. The van der Waals surface area contributed by atoms with Gasteiger partial charge >= 0.3 is 13.1 Å². The van der Waals surface area contributed by atoms with Crippen LogP contribution >= 0.6 is 0 Å². The molecule has 2 aromatic heterocycles. The number of ketones is 1. The van der Waals surface area contributed by atoms with Crippen molar-refractivity contribution in [1.29, 1.82) is 0 Å². The van der Waals surface area contributed by atoms with E-state index in [2.05, 4.69) is 25.7 Å². The second-order valence-corrected chi connectivity index (χ2v) is 7.49. The third-order valence-electron chi connectivity index (χ3n) is 5.04. The van der Waals surface area contributed by atoms with Crippen LogP contribution in [0.2, 0.25) is 5.82 Å². The van der Waals surface area contributed by atoms with Crippen molar-refractivity contribution in [1.82, 2.24) is 35.2 Å². The molecule has 1 aliphatic heterocycles. The van der Waals surface area contributed by atoms with Crippen LogP contribution in [-0.2, 0) is 30.7 Å². The number of benzene rings is 1. The molecule has 166 valence electrons. The number of rotatable bonds is 9. The van der Waals surface area contributed by atoms with Crippen LogP contribution < -0.4 is 10.4 Å². The van der Waals surface area contributed by atoms with Gasteiger partial charge in [0.1, 0.15) is 23.8 Å². The van der Waals surface area contributed by atoms with E-state index in [0.29, 0.717) is 30.8 Å². The van der Waals surface area contributed by atoms with Crippen LogP contribution in [0, 0.1) is 0 Å². The topological polar surface area (TPSA) is 184 Å². The number of carboxylic acids is 1. The number of aromatic nitrogens is 7. The lowest BCUT2D eigenvalue weighted by Gasteiger charge is -2.27. The first-order valence-corrected chi connectivity index (χ1v) is 10.00. The molecule has 14 heteroatoms. The third kappa shape index (κ3) is 4.81. The Balaban J connectivity index is 1.35. The number of tetrazole rings is 1. The normalized spacial score (nSPS) is 15.3. The first kappa shape index (κ1) is 21.6. The fourth-order valence-corrected chi connectivity index (χ4v) is 3.58. The molecule has 4 N–H and O–H groups in total. The summed E-state index contributed by atoms with van der Waals surface area (Å²) in [7, 11) is -1.29. The predicted octanol–water partition coefficient (Wildman–Crippen LogP) is -1.04. The van der Waals surface area contributed by atoms with Gasteiger partial charge in [0.25, 0.3) is 0 Å². The molecule has 3 heterocycles. The number of hydrogen-bond donors (Lipinski definition) is 3. The molecule has 13 nitrogen and oxygen atoms in total. The molecule has 0 radical (unpaired) electrons. The van der Waals surface area contributed by atoms with Gasteiger partial charge in [-0.1, -0.05) is 17.3 Å². The number of Topliss-reactive ketones (excluding diaryl/α,β-unsaturated/α-hetero) is 1. The minimum Gasteiger partial charge on any atom is -0.535 e. The number of aromatic carboxylic acids is 1. The number of carbonyl (C=O) groups is 2. The monoisotopic (exact) mass is 440 g/mol. The first-order chi connectivity index (χ1) is 15.4. The summed E-state index contributed by atoms with van der Waals surface area (Å²) < 4.78 is 7.05. The molecular formula is C18H21BN8O5. The Bertz CT molecular complexity index is 1130. The molecule has 0 aliphatic carbocycles. The second kappa shape index (κ2) is 9.24. The summed E-state index contributed by atoms with van der Waals surface area (Å²) in [5.41, 5.74) is 6.74. The minimum atomic E-state index is -1.29. The van der Waals surface area contributed by atoms with Crippen LogP contribution in [0.4, 0.5) is 0 Å². The fourth-order valence-electron chi connectivity index (χ4n) is 3.58. The Labute approximate surface area is 182 Å². The summed E-state index contributed by atoms with van der Waals surface area (Å²) in [5.74, 6) is -1.44. The zero-order valence-corrected chi connectivity index (χ0v) is 17.0. The van der Waals surface area contributed by atoms with Crippen molar-refractivity contribution in [2.24, 2.45) is 5.73 Å². The Morgan fingerprint density at radius 1 is 1.28 bits per heavy atom. The average molecular weight is 440 g/mol. The largest absolute Gasteiger partial charge is 0.535 e. The summed E-state index contributed by atoms with van der Waals surface area (Å²) >= 11 is 0. The fraction of sp³-hybridized carbons (Fsp3) is 0.389. The number of nitrogens with zero attached hydrogens (tertiary/aromatic N) is 7. The highest BCUT2D eigenvalue weighted by molar-refractivity contribution is 6.47. The molecule has 1 aliphatic rings. The predicted molar refractivity (Wildman–Crippen MR) is 109 cm³/mol. The highest BCUT2D eigenvalue weighted by Crippen LogP contribution is 2.36. The van der Waals surface area contributed by atoms with E-state index >= 15 is 0 Å². The molecule has 1 atom stereocenters.